The zero-order valence-electron chi connectivity index (χ0n) is 24.9. The van der Waals surface area contributed by atoms with E-state index in [-0.39, 0.29) is 30.2 Å². The van der Waals surface area contributed by atoms with Gasteiger partial charge < -0.3 is 19.2 Å². The Kier molecular flexibility index (Phi) is 8.80. The van der Waals surface area contributed by atoms with Crippen LogP contribution >= 0.6 is 0 Å². The molecule has 1 aliphatic carbocycles. The summed E-state index contributed by atoms with van der Waals surface area (Å²) in [5.41, 5.74) is 3.67. The number of amides is 2. The molecule has 4 heterocycles. The monoisotopic (exact) mass is 611 g/mol. The number of nitro benzene ring substituents is 1. The van der Waals surface area contributed by atoms with Crippen LogP contribution in [0, 0.1) is 27.9 Å². The lowest BCUT2D eigenvalue weighted by molar-refractivity contribution is -0.384. The first-order valence-electron chi connectivity index (χ1n) is 15.3. The van der Waals surface area contributed by atoms with E-state index in [0.29, 0.717) is 30.8 Å². The molecule has 2 N–H and O–H groups in total. The second-order valence-electron chi connectivity index (χ2n) is 11.7. The highest BCUT2D eigenvalue weighted by atomic mass is 16.6. The van der Waals surface area contributed by atoms with Crippen molar-refractivity contribution in [1.82, 2.24) is 4.98 Å². The third-order valence-electron chi connectivity index (χ3n) is 8.98. The van der Waals surface area contributed by atoms with Gasteiger partial charge in [0.2, 0.25) is 11.8 Å². The highest BCUT2D eigenvalue weighted by molar-refractivity contribution is 6.43. The number of carbonyl (C=O) groups is 2. The first kappa shape index (κ1) is 30.6. The summed E-state index contributed by atoms with van der Waals surface area (Å²) in [6, 6.07) is 14.7. The van der Waals surface area contributed by atoms with E-state index in [2.05, 4.69) is 11.9 Å². The van der Waals surface area contributed by atoms with Gasteiger partial charge in [0.15, 0.2) is 0 Å². The molecule has 3 aliphatic rings. The van der Waals surface area contributed by atoms with E-state index < -0.39 is 41.8 Å². The number of aromatic nitrogens is 1. The molecule has 0 spiro atoms. The Bertz CT molecular complexity index is 1670. The van der Waals surface area contributed by atoms with Crippen LogP contribution in [0.5, 0.6) is 0 Å². The predicted octanol–water partition coefficient (Wildman–Crippen LogP) is 5.20. The molecule has 11 nitrogen and oxygen atoms in total. The smallest absolute Gasteiger partial charge is 0.455 e. The van der Waals surface area contributed by atoms with Gasteiger partial charge in [-0.1, -0.05) is 31.1 Å². The molecule has 12 heteroatoms. The van der Waals surface area contributed by atoms with Crippen LogP contribution in [0.15, 0.2) is 76.4 Å². The van der Waals surface area contributed by atoms with Gasteiger partial charge in [-0.05, 0) is 85.5 Å². The molecule has 0 unspecified atom stereocenters. The average molecular weight is 611 g/mol. The third kappa shape index (κ3) is 6.00. The molecule has 2 aliphatic heterocycles. The van der Waals surface area contributed by atoms with E-state index >= 15 is 0 Å². The van der Waals surface area contributed by atoms with Crippen molar-refractivity contribution in [3.63, 3.8) is 0 Å². The first-order chi connectivity index (χ1) is 21.8. The van der Waals surface area contributed by atoms with Crippen LogP contribution in [0.3, 0.4) is 0 Å². The highest BCUT2D eigenvalue weighted by Crippen LogP contribution is 2.52. The molecule has 3 aromatic rings. The lowest BCUT2D eigenvalue weighted by atomic mass is 9.58. The van der Waals surface area contributed by atoms with Crippen LogP contribution in [0.4, 0.5) is 11.4 Å². The zero-order chi connectivity index (χ0) is 31.7. The summed E-state index contributed by atoms with van der Waals surface area (Å²) in [6.45, 7) is 1.85. The Morgan fingerprint density at radius 3 is 2.71 bits per heavy atom. The molecule has 232 valence electrons. The van der Waals surface area contributed by atoms with Crippen LogP contribution in [0.2, 0.25) is 6.32 Å². The summed E-state index contributed by atoms with van der Waals surface area (Å²) in [7, 11) is -1.13. The number of non-ortho nitro benzene ring substituents is 1. The largest absolute Gasteiger partial charge is 0.459 e. The van der Waals surface area contributed by atoms with Crippen molar-refractivity contribution in [2.45, 2.75) is 58.1 Å². The van der Waals surface area contributed by atoms with Gasteiger partial charge in [0.1, 0.15) is 18.1 Å². The maximum absolute atomic E-state index is 14.0. The number of hydrogen-bond donors (Lipinski definition) is 2. The minimum atomic E-state index is -1.13. The van der Waals surface area contributed by atoms with E-state index in [1.807, 2.05) is 24.3 Å². The van der Waals surface area contributed by atoms with E-state index in [0.717, 1.165) is 40.2 Å². The number of anilines is 1. The van der Waals surface area contributed by atoms with Crippen LogP contribution in [-0.2, 0) is 20.9 Å². The van der Waals surface area contributed by atoms with E-state index in [4.69, 9.17) is 9.07 Å². The van der Waals surface area contributed by atoms with Gasteiger partial charge in [-0.3, -0.25) is 24.7 Å². The number of hydrogen-bond acceptors (Lipinski definition) is 9. The van der Waals surface area contributed by atoms with Crippen LogP contribution < -0.4 is 4.90 Å². The summed E-state index contributed by atoms with van der Waals surface area (Å²) in [4.78, 5) is 44.3. The molecule has 0 radical (unpaired) electrons. The quantitative estimate of drug-likeness (QED) is 0.103. The van der Waals surface area contributed by atoms with Gasteiger partial charge in [-0.25, -0.2) is 4.90 Å². The maximum atomic E-state index is 14.0. The Labute approximate surface area is 260 Å². The standard InChI is InChI=1S/C33H34BN3O8/c1-2-6-21-16-26-31(33(40)36(32(26)39)22-7-5-8-23(17-22)37(42)43)27-18-34(41)45-29(30(21)27)13-10-20(28-9-3-4-14-35-28)15-24-11-12-25(19-38)44-24/h3-5,7-9,11-12,14-15,17,26-27,29,31,38,41H,2,6,10,13,16,18-19H2,1H3/b20-15-/t26-,27+,29-,31-/m1/s1. The number of nitro groups is 1. The molecule has 2 fully saturated rings. The minimum Gasteiger partial charge on any atom is -0.459 e. The lowest BCUT2D eigenvalue weighted by Gasteiger charge is -2.43. The van der Waals surface area contributed by atoms with E-state index in [1.54, 1.807) is 18.3 Å². The van der Waals surface area contributed by atoms with Crippen molar-refractivity contribution >= 4 is 42.0 Å². The molecular formula is C33H34BN3O8. The molecule has 6 rings (SSSR count). The molecular weight excluding hydrogens is 577 g/mol. The van der Waals surface area contributed by atoms with Crippen molar-refractivity contribution in [3.8, 4) is 0 Å². The van der Waals surface area contributed by atoms with Crippen LogP contribution in [-0.4, -0.2) is 45.1 Å². The van der Waals surface area contributed by atoms with Crippen molar-refractivity contribution in [2.24, 2.45) is 17.8 Å². The van der Waals surface area contributed by atoms with E-state index in [1.165, 1.54) is 24.3 Å². The Morgan fingerprint density at radius 1 is 1.16 bits per heavy atom. The minimum absolute atomic E-state index is 0.182. The second kappa shape index (κ2) is 12.9. The first-order valence-corrected chi connectivity index (χ1v) is 15.3. The molecule has 2 saturated heterocycles. The number of fused-ring (bicyclic) bond motifs is 3. The number of pyridine rings is 1. The molecule has 2 amide bonds. The van der Waals surface area contributed by atoms with Gasteiger partial charge >= 0.3 is 7.12 Å². The second-order valence-corrected chi connectivity index (χ2v) is 11.7. The zero-order valence-corrected chi connectivity index (χ0v) is 24.9. The number of imide groups is 1. The van der Waals surface area contributed by atoms with Gasteiger partial charge in [0.05, 0.1) is 34.2 Å². The van der Waals surface area contributed by atoms with Crippen molar-refractivity contribution in [3.05, 3.63) is 99.3 Å². The number of allylic oxidation sites excluding steroid dienone is 2. The molecule has 2 aromatic heterocycles. The summed E-state index contributed by atoms with van der Waals surface area (Å²) in [6.07, 6.45) is 6.24. The van der Waals surface area contributed by atoms with Gasteiger partial charge in [-0.2, -0.15) is 0 Å². The number of carbonyl (C=O) groups excluding carboxylic acids is 2. The molecule has 4 atom stereocenters. The molecule has 0 bridgehead atoms. The van der Waals surface area contributed by atoms with Crippen molar-refractivity contribution < 1.29 is 33.7 Å². The topological polar surface area (TPSA) is 156 Å². The van der Waals surface area contributed by atoms with Crippen molar-refractivity contribution in [2.75, 3.05) is 4.90 Å². The normalized spacial score (nSPS) is 23.4. The Morgan fingerprint density at radius 2 is 2.00 bits per heavy atom. The summed E-state index contributed by atoms with van der Waals surface area (Å²) in [5.74, 6) is -1.45. The van der Waals surface area contributed by atoms with Crippen LogP contribution in [0.1, 0.15) is 56.2 Å². The average Bonchev–Trinajstić information content (AvgIpc) is 3.60. The Balaban J connectivity index is 1.32. The summed E-state index contributed by atoms with van der Waals surface area (Å²) in [5, 5.41) is 31.8. The number of furan rings is 1. The molecule has 45 heavy (non-hydrogen) atoms. The highest BCUT2D eigenvalue weighted by Gasteiger charge is 2.57. The van der Waals surface area contributed by atoms with E-state index in [9.17, 15) is 29.8 Å². The SMILES string of the molecule is CCCC1=C2[C@@H](CC/C(=C/c3ccc(CO)o3)c3ccccn3)OB(O)C[C@@H]2[C@@H]2C(=O)N(c3cccc([N+](=O)[O-])c3)C(=O)[C@@H]2C1. The van der Waals surface area contributed by atoms with Gasteiger partial charge in [0.25, 0.3) is 5.69 Å². The summed E-state index contributed by atoms with van der Waals surface area (Å²) < 4.78 is 11.9. The number of rotatable bonds is 10. The number of aliphatic hydroxyl groups is 1. The van der Waals surface area contributed by atoms with Crippen molar-refractivity contribution in [1.29, 1.82) is 0 Å². The summed E-state index contributed by atoms with van der Waals surface area (Å²) >= 11 is 0. The number of aliphatic hydroxyl groups excluding tert-OH is 1. The van der Waals surface area contributed by atoms with Gasteiger partial charge in [0, 0.05) is 18.3 Å². The fourth-order valence-corrected chi connectivity index (χ4v) is 7.14. The maximum Gasteiger partial charge on any atom is 0.455 e. The number of benzene rings is 1. The predicted molar refractivity (Wildman–Crippen MR) is 166 cm³/mol. The fourth-order valence-electron chi connectivity index (χ4n) is 7.14. The molecule has 1 aromatic carbocycles. The van der Waals surface area contributed by atoms with Crippen LogP contribution in [0.25, 0.3) is 11.6 Å². The fraction of sp³-hybridized carbons (Fsp3) is 0.364. The lowest BCUT2D eigenvalue weighted by Crippen LogP contribution is -2.46. The third-order valence-corrected chi connectivity index (χ3v) is 8.98. The molecule has 0 saturated carbocycles. The van der Waals surface area contributed by atoms with Gasteiger partial charge in [-0.15, -0.1) is 0 Å². The number of nitrogens with zero attached hydrogens (tertiary/aromatic N) is 3. The Hall–Kier alpha value is -4.39.